The highest BCUT2D eigenvalue weighted by Crippen LogP contribution is 2.28. The van der Waals surface area contributed by atoms with Crippen LogP contribution in [0.15, 0.2) is 36.4 Å². The lowest BCUT2D eigenvalue weighted by atomic mass is 10.0. The lowest BCUT2D eigenvalue weighted by molar-refractivity contribution is -0.114. The number of halogens is 2. The van der Waals surface area contributed by atoms with Crippen LogP contribution in [0, 0.1) is 6.92 Å². The van der Waals surface area contributed by atoms with E-state index in [1.165, 1.54) is 6.92 Å². The topological polar surface area (TPSA) is 73.8 Å². The van der Waals surface area contributed by atoms with Crippen LogP contribution in [0.1, 0.15) is 30.9 Å². The van der Waals surface area contributed by atoms with E-state index in [1.54, 1.807) is 12.1 Å². The Balaban J connectivity index is 1.67. The summed E-state index contributed by atoms with van der Waals surface area (Å²) < 4.78 is 5.91. The maximum absolute atomic E-state index is 11.5. The van der Waals surface area contributed by atoms with Crippen LogP contribution in [-0.4, -0.2) is 54.3 Å². The molecule has 1 aliphatic heterocycles. The predicted octanol–water partition coefficient (Wildman–Crippen LogP) is 4.25. The third-order valence-electron chi connectivity index (χ3n) is 5.61. The molecule has 8 heteroatoms. The number of aliphatic hydroxyl groups is 1. The summed E-state index contributed by atoms with van der Waals surface area (Å²) in [7, 11) is 0. The third kappa shape index (κ3) is 7.09. The van der Waals surface area contributed by atoms with Crippen molar-refractivity contribution in [3.8, 4) is 5.75 Å². The maximum Gasteiger partial charge on any atom is 0.221 e. The Morgan fingerprint density at radius 2 is 2.00 bits per heavy atom. The largest absolute Gasteiger partial charge is 0.489 e. The van der Waals surface area contributed by atoms with E-state index in [0.29, 0.717) is 40.6 Å². The molecule has 1 amide bonds. The molecule has 174 valence electrons. The molecule has 0 aliphatic carbocycles. The Labute approximate surface area is 199 Å². The van der Waals surface area contributed by atoms with Crippen molar-refractivity contribution in [3.63, 3.8) is 0 Å². The van der Waals surface area contributed by atoms with E-state index in [4.69, 9.17) is 27.9 Å². The molecule has 2 aromatic carbocycles. The van der Waals surface area contributed by atoms with Gasteiger partial charge >= 0.3 is 0 Å². The van der Waals surface area contributed by atoms with E-state index in [-0.39, 0.29) is 12.5 Å². The minimum Gasteiger partial charge on any atom is -0.489 e. The molecule has 6 nitrogen and oxygen atoms in total. The van der Waals surface area contributed by atoms with Crippen LogP contribution in [-0.2, 0) is 11.3 Å². The van der Waals surface area contributed by atoms with Crippen molar-refractivity contribution in [2.75, 3.05) is 31.6 Å². The van der Waals surface area contributed by atoms with Crippen LogP contribution >= 0.6 is 23.2 Å². The highest BCUT2D eigenvalue weighted by molar-refractivity contribution is 6.42. The van der Waals surface area contributed by atoms with Crippen molar-refractivity contribution < 1.29 is 14.6 Å². The van der Waals surface area contributed by atoms with Gasteiger partial charge in [0.15, 0.2) is 0 Å². The summed E-state index contributed by atoms with van der Waals surface area (Å²) in [6.45, 7) is 6.54. The number of hydrogen-bond donors (Lipinski definition) is 3. The molecule has 1 fully saturated rings. The fraction of sp³-hybridized carbons (Fsp3) is 0.458. The van der Waals surface area contributed by atoms with Crippen LogP contribution in [0.3, 0.4) is 0 Å². The molecule has 0 saturated carbocycles. The van der Waals surface area contributed by atoms with Crippen molar-refractivity contribution in [1.29, 1.82) is 0 Å². The van der Waals surface area contributed by atoms with Gasteiger partial charge in [-0.05, 0) is 62.2 Å². The first-order valence-electron chi connectivity index (χ1n) is 10.9. The highest BCUT2D eigenvalue weighted by atomic mass is 35.5. The van der Waals surface area contributed by atoms with Gasteiger partial charge in [-0.25, -0.2) is 0 Å². The molecule has 1 aliphatic rings. The van der Waals surface area contributed by atoms with Crippen molar-refractivity contribution in [3.05, 3.63) is 57.6 Å². The number of piperidine rings is 1. The second kappa shape index (κ2) is 11.9. The zero-order valence-corrected chi connectivity index (χ0v) is 20.0. The van der Waals surface area contributed by atoms with Crippen LogP contribution in [0.25, 0.3) is 0 Å². The van der Waals surface area contributed by atoms with Crippen LogP contribution in [0.5, 0.6) is 5.75 Å². The van der Waals surface area contributed by atoms with Gasteiger partial charge in [-0.15, -0.1) is 0 Å². The summed E-state index contributed by atoms with van der Waals surface area (Å²) in [6.07, 6.45) is 1.33. The summed E-state index contributed by atoms with van der Waals surface area (Å²) in [5.41, 5.74) is 2.60. The summed E-state index contributed by atoms with van der Waals surface area (Å²) in [5, 5.41) is 18.1. The number of hydrogen-bond acceptors (Lipinski definition) is 5. The Morgan fingerprint density at radius 3 is 2.69 bits per heavy atom. The molecular formula is C24H31Cl2N3O3. The molecule has 3 rings (SSSR count). The molecule has 1 atom stereocenters. The number of carbonyl (C=O) groups excluding carboxylic acids is 1. The number of benzene rings is 2. The molecule has 1 saturated heterocycles. The van der Waals surface area contributed by atoms with Gasteiger partial charge in [-0.2, -0.15) is 0 Å². The molecule has 2 aromatic rings. The number of para-hydroxylation sites is 1. The van der Waals surface area contributed by atoms with E-state index in [1.807, 2.05) is 31.2 Å². The summed E-state index contributed by atoms with van der Waals surface area (Å²) in [4.78, 5) is 13.8. The van der Waals surface area contributed by atoms with E-state index in [9.17, 15) is 9.90 Å². The van der Waals surface area contributed by atoms with Crippen molar-refractivity contribution in [2.45, 2.75) is 45.4 Å². The molecule has 0 bridgehead atoms. The number of aryl methyl sites for hydroxylation is 1. The third-order valence-corrected chi connectivity index (χ3v) is 6.35. The average Bonchev–Trinajstić information content (AvgIpc) is 2.76. The van der Waals surface area contributed by atoms with Crippen LogP contribution in [0.2, 0.25) is 10.0 Å². The highest BCUT2D eigenvalue weighted by Gasteiger charge is 2.24. The number of nitrogens with one attached hydrogen (secondary N) is 2. The minimum atomic E-state index is -0.696. The number of carbonyl (C=O) groups is 1. The first kappa shape index (κ1) is 24.8. The lowest BCUT2D eigenvalue weighted by Gasteiger charge is -2.36. The minimum absolute atomic E-state index is 0.124. The Hall–Kier alpha value is -1.83. The average molecular weight is 480 g/mol. The quantitative estimate of drug-likeness (QED) is 0.501. The maximum atomic E-state index is 11.5. The second-order valence-corrected chi connectivity index (χ2v) is 9.07. The van der Waals surface area contributed by atoms with Crippen molar-refractivity contribution >= 4 is 34.8 Å². The lowest BCUT2D eigenvalue weighted by Crippen LogP contribution is -2.46. The Morgan fingerprint density at radius 1 is 1.25 bits per heavy atom. The number of rotatable bonds is 9. The van der Waals surface area contributed by atoms with Gasteiger partial charge in [0.1, 0.15) is 18.5 Å². The van der Waals surface area contributed by atoms with Gasteiger partial charge < -0.3 is 20.5 Å². The molecular weight excluding hydrogens is 449 g/mol. The van der Waals surface area contributed by atoms with Gasteiger partial charge in [-0.1, -0.05) is 41.4 Å². The van der Waals surface area contributed by atoms with Gasteiger partial charge in [0.05, 0.1) is 15.7 Å². The van der Waals surface area contributed by atoms with E-state index in [0.717, 1.165) is 37.1 Å². The SMILES string of the molecule is CC(=O)Nc1c(C)cccc1OCC(O)CN(Cc1ccc(Cl)c(Cl)c1)C1CCNCC1. The summed E-state index contributed by atoms with van der Waals surface area (Å²) >= 11 is 12.3. The first-order valence-corrected chi connectivity index (χ1v) is 11.7. The Kier molecular flexibility index (Phi) is 9.20. The number of nitrogens with zero attached hydrogens (tertiary/aromatic N) is 1. The van der Waals surface area contributed by atoms with E-state index >= 15 is 0 Å². The number of ether oxygens (including phenoxy) is 1. The summed E-state index contributed by atoms with van der Waals surface area (Å²) in [6, 6.07) is 11.6. The second-order valence-electron chi connectivity index (χ2n) is 8.25. The zero-order chi connectivity index (χ0) is 23.1. The smallest absolute Gasteiger partial charge is 0.221 e. The molecule has 1 unspecified atom stereocenters. The van der Waals surface area contributed by atoms with Gasteiger partial charge in [0, 0.05) is 26.1 Å². The Bertz CT molecular complexity index is 919. The van der Waals surface area contributed by atoms with Crippen molar-refractivity contribution in [2.24, 2.45) is 0 Å². The van der Waals surface area contributed by atoms with Gasteiger partial charge in [0.2, 0.25) is 5.91 Å². The van der Waals surface area contributed by atoms with E-state index < -0.39 is 6.10 Å². The number of aliphatic hydroxyl groups excluding tert-OH is 1. The van der Waals surface area contributed by atoms with E-state index in [2.05, 4.69) is 15.5 Å². The monoisotopic (exact) mass is 479 g/mol. The standard InChI is InChI=1S/C24H31Cl2N3O3/c1-16-4-3-5-23(24(16)28-17(2)30)32-15-20(31)14-29(19-8-10-27-11-9-19)13-18-6-7-21(25)22(26)12-18/h3-7,12,19-20,27,31H,8-11,13-15H2,1-2H3,(H,28,30). The molecule has 0 aromatic heterocycles. The fourth-order valence-corrected chi connectivity index (χ4v) is 4.31. The zero-order valence-electron chi connectivity index (χ0n) is 18.5. The van der Waals surface area contributed by atoms with Crippen LogP contribution < -0.4 is 15.4 Å². The molecule has 0 spiro atoms. The summed E-state index contributed by atoms with van der Waals surface area (Å²) in [5.74, 6) is 0.389. The number of anilines is 1. The van der Waals surface area contributed by atoms with Gasteiger partial charge in [-0.3, -0.25) is 9.69 Å². The fourth-order valence-electron chi connectivity index (χ4n) is 3.99. The number of amides is 1. The van der Waals surface area contributed by atoms with Crippen LogP contribution in [0.4, 0.5) is 5.69 Å². The molecule has 32 heavy (non-hydrogen) atoms. The molecule has 0 radical (unpaired) electrons. The normalized spacial score (nSPS) is 15.6. The van der Waals surface area contributed by atoms with Gasteiger partial charge in [0.25, 0.3) is 0 Å². The predicted molar refractivity (Wildman–Crippen MR) is 130 cm³/mol. The molecule has 1 heterocycles. The van der Waals surface area contributed by atoms with Crippen molar-refractivity contribution in [1.82, 2.24) is 10.2 Å². The first-order chi connectivity index (χ1) is 15.3. The molecule has 3 N–H and O–H groups in total.